The molecule has 0 amide bonds. The topological polar surface area (TPSA) is 15.3 Å². The Morgan fingerprint density at radius 2 is 1.94 bits per heavy atom. The van der Waals surface area contributed by atoms with Gasteiger partial charge in [-0.3, -0.25) is 0 Å². The normalized spacial score (nSPS) is 10.7. The van der Waals surface area contributed by atoms with Crippen LogP contribution < -0.4 is 10.2 Å². The quantitative estimate of drug-likeness (QED) is 0.705. The molecular formula is C16H28N2. The van der Waals surface area contributed by atoms with E-state index in [-0.39, 0.29) is 0 Å². The van der Waals surface area contributed by atoms with Crippen molar-refractivity contribution in [1.82, 2.24) is 5.32 Å². The fourth-order valence-electron chi connectivity index (χ4n) is 2.14. The first kappa shape index (κ1) is 15.0. The standard InChI is InChI=1S/C16H28N2/c1-5-7-11-18(4)16-9-8-14(3)12-15(16)13-17-10-6-2/h8-9,12,17H,5-7,10-11,13H2,1-4H3. The Morgan fingerprint density at radius 1 is 1.17 bits per heavy atom. The van der Waals surface area contributed by atoms with Crippen molar-refractivity contribution in [2.75, 3.05) is 25.0 Å². The molecule has 0 spiro atoms. The predicted molar refractivity (Wildman–Crippen MR) is 81.4 cm³/mol. The fourth-order valence-corrected chi connectivity index (χ4v) is 2.14. The van der Waals surface area contributed by atoms with Crippen molar-refractivity contribution in [1.29, 1.82) is 0 Å². The lowest BCUT2D eigenvalue weighted by atomic mass is 10.1. The van der Waals surface area contributed by atoms with Crippen LogP contribution in [0.1, 0.15) is 44.2 Å². The minimum atomic E-state index is 0.974. The Balaban J connectivity index is 2.74. The number of rotatable bonds is 8. The predicted octanol–water partition coefficient (Wildman–Crippen LogP) is 3.73. The third-order valence-electron chi connectivity index (χ3n) is 3.24. The lowest BCUT2D eigenvalue weighted by Crippen LogP contribution is -2.22. The highest BCUT2D eigenvalue weighted by atomic mass is 15.1. The molecule has 0 aromatic heterocycles. The maximum absolute atomic E-state index is 3.50. The van der Waals surface area contributed by atoms with Crippen LogP contribution in [-0.4, -0.2) is 20.1 Å². The molecule has 2 heteroatoms. The van der Waals surface area contributed by atoms with Gasteiger partial charge in [0.05, 0.1) is 0 Å². The van der Waals surface area contributed by atoms with Gasteiger partial charge in [-0.05, 0) is 37.9 Å². The first-order valence-corrected chi connectivity index (χ1v) is 7.20. The van der Waals surface area contributed by atoms with Crippen LogP contribution >= 0.6 is 0 Å². The van der Waals surface area contributed by atoms with E-state index in [4.69, 9.17) is 0 Å². The summed E-state index contributed by atoms with van der Waals surface area (Å²) in [5.74, 6) is 0. The van der Waals surface area contributed by atoms with Gasteiger partial charge in [0.2, 0.25) is 0 Å². The molecule has 0 heterocycles. The average molecular weight is 248 g/mol. The summed E-state index contributed by atoms with van der Waals surface area (Å²) in [6.45, 7) is 9.82. The van der Waals surface area contributed by atoms with Crippen molar-refractivity contribution in [2.24, 2.45) is 0 Å². The van der Waals surface area contributed by atoms with E-state index in [0.717, 1.165) is 19.6 Å². The molecule has 1 aromatic carbocycles. The summed E-state index contributed by atoms with van der Waals surface area (Å²) in [6, 6.07) is 6.77. The van der Waals surface area contributed by atoms with Gasteiger partial charge < -0.3 is 10.2 Å². The van der Waals surface area contributed by atoms with E-state index in [2.05, 4.69) is 56.2 Å². The first-order valence-electron chi connectivity index (χ1n) is 7.20. The molecule has 0 saturated carbocycles. The largest absolute Gasteiger partial charge is 0.374 e. The highest BCUT2D eigenvalue weighted by Crippen LogP contribution is 2.21. The molecule has 0 radical (unpaired) electrons. The maximum atomic E-state index is 3.50. The molecule has 0 bridgehead atoms. The van der Waals surface area contributed by atoms with Crippen LogP contribution in [-0.2, 0) is 6.54 Å². The van der Waals surface area contributed by atoms with E-state index in [0.29, 0.717) is 0 Å². The van der Waals surface area contributed by atoms with Gasteiger partial charge in [0.25, 0.3) is 0 Å². The third-order valence-corrected chi connectivity index (χ3v) is 3.24. The number of anilines is 1. The van der Waals surface area contributed by atoms with Crippen molar-refractivity contribution < 1.29 is 0 Å². The summed E-state index contributed by atoms with van der Waals surface area (Å²) >= 11 is 0. The monoisotopic (exact) mass is 248 g/mol. The number of nitrogens with one attached hydrogen (secondary N) is 1. The zero-order valence-corrected chi connectivity index (χ0v) is 12.4. The molecule has 0 fully saturated rings. The van der Waals surface area contributed by atoms with Gasteiger partial charge in [-0.1, -0.05) is 38.0 Å². The molecule has 0 aliphatic rings. The Bertz CT molecular complexity index is 347. The maximum Gasteiger partial charge on any atom is 0.0409 e. The molecule has 0 atom stereocenters. The molecule has 1 N–H and O–H groups in total. The van der Waals surface area contributed by atoms with E-state index in [1.165, 1.54) is 36.1 Å². The van der Waals surface area contributed by atoms with Crippen LogP contribution in [0.15, 0.2) is 18.2 Å². The second-order valence-corrected chi connectivity index (χ2v) is 5.08. The number of benzene rings is 1. The smallest absolute Gasteiger partial charge is 0.0409 e. The lowest BCUT2D eigenvalue weighted by Gasteiger charge is -2.23. The number of nitrogens with zero attached hydrogens (tertiary/aromatic N) is 1. The van der Waals surface area contributed by atoms with Crippen molar-refractivity contribution >= 4 is 5.69 Å². The number of aryl methyl sites for hydroxylation is 1. The molecule has 2 nitrogen and oxygen atoms in total. The van der Waals surface area contributed by atoms with Crippen LogP contribution in [0.3, 0.4) is 0 Å². The van der Waals surface area contributed by atoms with Crippen LogP contribution in [0.5, 0.6) is 0 Å². The minimum Gasteiger partial charge on any atom is -0.374 e. The molecular weight excluding hydrogens is 220 g/mol. The van der Waals surface area contributed by atoms with Gasteiger partial charge in [0, 0.05) is 25.8 Å². The van der Waals surface area contributed by atoms with Gasteiger partial charge >= 0.3 is 0 Å². The van der Waals surface area contributed by atoms with E-state index >= 15 is 0 Å². The first-order chi connectivity index (χ1) is 8.69. The average Bonchev–Trinajstić information content (AvgIpc) is 2.36. The van der Waals surface area contributed by atoms with E-state index in [1.807, 2.05) is 0 Å². The Labute approximate surface area is 112 Å². The van der Waals surface area contributed by atoms with E-state index in [9.17, 15) is 0 Å². The van der Waals surface area contributed by atoms with Crippen molar-refractivity contribution in [3.63, 3.8) is 0 Å². The number of unbranched alkanes of at least 4 members (excludes halogenated alkanes) is 1. The number of hydrogen-bond acceptors (Lipinski definition) is 2. The summed E-state index contributed by atoms with van der Waals surface area (Å²) in [5, 5.41) is 3.50. The fraction of sp³-hybridized carbons (Fsp3) is 0.625. The van der Waals surface area contributed by atoms with Gasteiger partial charge in [-0.2, -0.15) is 0 Å². The lowest BCUT2D eigenvalue weighted by molar-refractivity contribution is 0.672. The Kier molecular flexibility index (Phi) is 6.81. The number of hydrogen-bond donors (Lipinski definition) is 1. The Morgan fingerprint density at radius 3 is 2.61 bits per heavy atom. The summed E-state index contributed by atoms with van der Waals surface area (Å²) in [6.07, 6.45) is 3.69. The van der Waals surface area contributed by atoms with E-state index < -0.39 is 0 Å². The summed E-state index contributed by atoms with van der Waals surface area (Å²) < 4.78 is 0. The summed E-state index contributed by atoms with van der Waals surface area (Å²) in [5.41, 5.74) is 4.13. The zero-order valence-electron chi connectivity index (χ0n) is 12.4. The molecule has 0 aliphatic heterocycles. The highest BCUT2D eigenvalue weighted by molar-refractivity contribution is 5.54. The van der Waals surface area contributed by atoms with Gasteiger partial charge in [-0.25, -0.2) is 0 Å². The second kappa shape index (κ2) is 8.15. The van der Waals surface area contributed by atoms with Crippen molar-refractivity contribution in [2.45, 2.75) is 46.6 Å². The summed E-state index contributed by atoms with van der Waals surface area (Å²) in [4.78, 5) is 2.38. The molecule has 0 unspecified atom stereocenters. The zero-order chi connectivity index (χ0) is 13.4. The van der Waals surface area contributed by atoms with Gasteiger partial charge in [-0.15, -0.1) is 0 Å². The molecule has 0 aliphatic carbocycles. The van der Waals surface area contributed by atoms with Gasteiger partial charge in [0.15, 0.2) is 0 Å². The summed E-state index contributed by atoms with van der Waals surface area (Å²) in [7, 11) is 2.20. The molecule has 1 aromatic rings. The molecule has 1 rings (SSSR count). The highest BCUT2D eigenvalue weighted by Gasteiger charge is 2.07. The minimum absolute atomic E-state index is 0.974. The second-order valence-electron chi connectivity index (χ2n) is 5.08. The molecule has 102 valence electrons. The van der Waals surface area contributed by atoms with Crippen LogP contribution in [0.4, 0.5) is 5.69 Å². The molecule has 18 heavy (non-hydrogen) atoms. The SMILES string of the molecule is CCCCN(C)c1ccc(C)cc1CNCCC. The van der Waals surface area contributed by atoms with Crippen LogP contribution in [0.25, 0.3) is 0 Å². The molecule has 0 saturated heterocycles. The third kappa shape index (κ3) is 4.69. The Hall–Kier alpha value is -1.02. The van der Waals surface area contributed by atoms with Crippen LogP contribution in [0.2, 0.25) is 0 Å². The van der Waals surface area contributed by atoms with Crippen LogP contribution in [0, 0.1) is 6.92 Å². The van der Waals surface area contributed by atoms with Gasteiger partial charge in [0.1, 0.15) is 0 Å². The van der Waals surface area contributed by atoms with E-state index in [1.54, 1.807) is 0 Å². The van der Waals surface area contributed by atoms with Crippen molar-refractivity contribution in [3.8, 4) is 0 Å². The van der Waals surface area contributed by atoms with Crippen molar-refractivity contribution in [3.05, 3.63) is 29.3 Å².